The summed E-state index contributed by atoms with van der Waals surface area (Å²) in [5.74, 6) is 1.23. The zero-order chi connectivity index (χ0) is 26.6. The number of hydrogen-bond acceptors (Lipinski definition) is 7. The quantitative estimate of drug-likeness (QED) is 0.231. The van der Waals surface area contributed by atoms with Crippen molar-refractivity contribution in [1.82, 2.24) is 19.9 Å². The first-order valence-corrected chi connectivity index (χ1v) is 12.6. The van der Waals surface area contributed by atoms with Crippen molar-refractivity contribution in [3.05, 3.63) is 71.9 Å². The fraction of sp³-hybridized carbons (Fsp3) is 0.259. The van der Waals surface area contributed by atoms with Gasteiger partial charge in [0.2, 0.25) is 0 Å². The number of rotatable bonds is 7. The van der Waals surface area contributed by atoms with E-state index in [1.807, 2.05) is 36.5 Å². The first kappa shape index (κ1) is 24.9. The molecule has 196 valence electrons. The normalized spacial score (nSPS) is 15.3. The van der Waals surface area contributed by atoms with Crippen LogP contribution in [-0.4, -0.2) is 50.8 Å². The highest BCUT2D eigenvalue weighted by molar-refractivity contribution is 6.04. The summed E-state index contributed by atoms with van der Waals surface area (Å²) in [7, 11) is 0. The molecule has 2 aromatic carbocycles. The second-order valence-corrected chi connectivity index (χ2v) is 9.27. The predicted molar refractivity (Wildman–Crippen MR) is 147 cm³/mol. The van der Waals surface area contributed by atoms with Crippen molar-refractivity contribution < 1.29 is 14.7 Å². The molecule has 0 aliphatic carbocycles. The molecule has 4 aromatic rings. The number of nitrogen functional groups attached to an aromatic ring is 1. The molecule has 5 rings (SSSR count). The Morgan fingerprint density at radius 1 is 1.13 bits per heavy atom. The number of aromatic nitrogens is 3. The molecule has 1 unspecified atom stereocenters. The molecule has 1 saturated heterocycles. The lowest BCUT2D eigenvalue weighted by Crippen LogP contribution is -2.47. The smallest absolute Gasteiger partial charge is 0.404 e. The number of nitrogens with one attached hydrogen (secondary N) is 3. The van der Waals surface area contributed by atoms with Crippen LogP contribution in [-0.2, 0) is 6.42 Å². The lowest BCUT2D eigenvalue weighted by atomic mass is 10.1. The first-order chi connectivity index (χ1) is 18.4. The van der Waals surface area contributed by atoms with E-state index in [0.29, 0.717) is 29.3 Å². The molecule has 1 fully saturated rings. The van der Waals surface area contributed by atoms with Crippen LogP contribution in [0.3, 0.4) is 0 Å². The summed E-state index contributed by atoms with van der Waals surface area (Å²) >= 11 is 0. The maximum Gasteiger partial charge on any atom is 0.404 e. The molecule has 11 heteroatoms. The lowest BCUT2D eigenvalue weighted by molar-refractivity contribution is 0.102. The van der Waals surface area contributed by atoms with Gasteiger partial charge in [0.1, 0.15) is 11.6 Å². The van der Waals surface area contributed by atoms with Crippen molar-refractivity contribution in [2.45, 2.75) is 32.2 Å². The van der Waals surface area contributed by atoms with Crippen LogP contribution in [0, 0.1) is 0 Å². The Labute approximate surface area is 219 Å². The van der Waals surface area contributed by atoms with Crippen molar-refractivity contribution in [2.24, 2.45) is 0 Å². The molecule has 38 heavy (non-hydrogen) atoms. The number of aryl methyl sites for hydroxylation is 1. The summed E-state index contributed by atoms with van der Waals surface area (Å²) in [5.41, 5.74) is 9.98. The molecule has 0 spiro atoms. The molecule has 1 aliphatic rings. The van der Waals surface area contributed by atoms with Crippen LogP contribution in [0.2, 0.25) is 0 Å². The van der Waals surface area contributed by atoms with Gasteiger partial charge < -0.3 is 31.7 Å². The van der Waals surface area contributed by atoms with Gasteiger partial charge in [0.25, 0.3) is 5.91 Å². The summed E-state index contributed by atoms with van der Waals surface area (Å²) in [6, 6.07) is 15.9. The van der Waals surface area contributed by atoms with Crippen molar-refractivity contribution in [3.8, 4) is 0 Å². The minimum atomic E-state index is -1.02. The van der Waals surface area contributed by atoms with E-state index in [-0.39, 0.29) is 11.9 Å². The van der Waals surface area contributed by atoms with Gasteiger partial charge in [-0.2, -0.15) is 9.61 Å². The van der Waals surface area contributed by atoms with Gasteiger partial charge in [0.15, 0.2) is 5.65 Å². The summed E-state index contributed by atoms with van der Waals surface area (Å²) in [6.07, 6.45) is 3.21. The topological polar surface area (TPSA) is 150 Å². The fourth-order valence-corrected chi connectivity index (χ4v) is 4.63. The second-order valence-electron chi connectivity index (χ2n) is 9.27. The van der Waals surface area contributed by atoms with E-state index >= 15 is 0 Å². The molecular formula is C27H30N8O3. The minimum absolute atomic E-state index is 0.160. The van der Waals surface area contributed by atoms with E-state index in [9.17, 15) is 9.59 Å². The summed E-state index contributed by atoms with van der Waals surface area (Å²) < 4.78 is 1.76. The summed E-state index contributed by atoms with van der Waals surface area (Å²) in [5, 5.41) is 22.7. The largest absolute Gasteiger partial charge is 0.465 e. The van der Waals surface area contributed by atoms with E-state index in [4.69, 9.17) is 15.8 Å². The maximum atomic E-state index is 12.7. The highest BCUT2D eigenvalue weighted by Crippen LogP contribution is 2.27. The van der Waals surface area contributed by atoms with Crippen molar-refractivity contribution in [3.63, 3.8) is 0 Å². The molecular weight excluding hydrogens is 484 g/mol. The fourth-order valence-electron chi connectivity index (χ4n) is 4.63. The molecule has 2 amide bonds. The molecule has 1 aliphatic heterocycles. The number of carbonyl (C=O) groups is 2. The third-order valence-electron chi connectivity index (χ3n) is 6.55. The van der Waals surface area contributed by atoms with Crippen LogP contribution in [0.5, 0.6) is 0 Å². The average Bonchev–Trinajstić information content (AvgIpc) is 3.32. The highest BCUT2D eigenvalue weighted by Gasteiger charge is 2.24. The standard InChI is InChI=1S/C27H30N8O3/c1-2-17-15-29-35-24(14-23(33-25(17)35)34-12-4-7-22(16-34)32-27(37)38)30-20-5-3-6-21(13-20)31-26(36)18-8-10-19(28)11-9-18/h3,5-6,8-11,13-15,22,30,32H,2,4,7,12,16,28H2,1H3,(H,31,36)(H,37,38). The molecule has 0 bridgehead atoms. The molecule has 0 saturated carbocycles. The molecule has 1 atom stereocenters. The van der Waals surface area contributed by atoms with E-state index in [1.165, 1.54) is 0 Å². The van der Waals surface area contributed by atoms with Crippen LogP contribution >= 0.6 is 0 Å². The zero-order valence-electron chi connectivity index (χ0n) is 21.0. The number of hydrogen-bond donors (Lipinski definition) is 5. The number of nitrogens with zero attached hydrogens (tertiary/aromatic N) is 4. The zero-order valence-corrected chi connectivity index (χ0v) is 21.0. The van der Waals surface area contributed by atoms with Gasteiger partial charge in [-0.15, -0.1) is 0 Å². The lowest BCUT2D eigenvalue weighted by Gasteiger charge is -2.33. The maximum absolute atomic E-state index is 12.7. The first-order valence-electron chi connectivity index (χ1n) is 12.6. The van der Waals surface area contributed by atoms with E-state index in [1.54, 1.807) is 28.8 Å². The summed E-state index contributed by atoms with van der Waals surface area (Å²) in [4.78, 5) is 30.8. The third-order valence-corrected chi connectivity index (χ3v) is 6.55. The Hall–Kier alpha value is -4.80. The van der Waals surface area contributed by atoms with Gasteiger partial charge in [-0.05, 0) is 61.7 Å². The van der Waals surface area contributed by atoms with Gasteiger partial charge >= 0.3 is 6.09 Å². The van der Waals surface area contributed by atoms with Crippen LogP contribution in [0.4, 0.5) is 33.5 Å². The molecule has 6 N–H and O–H groups in total. The number of piperidine rings is 1. The Balaban J connectivity index is 1.41. The van der Waals surface area contributed by atoms with Crippen LogP contribution in [0.1, 0.15) is 35.7 Å². The van der Waals surface area contributed by atoms with Crippen molar-refractivity contribution in [1.29, 1.82) is 0 Å². The van der Waals surface area contributed by atoms with E-state index in [0.717, 1.165) is 48.5 Å². The number of carboxylic acid groups (broad SMARTS) is 1. The predicted octanol–water partition coefficient (Wildman–Crippen LogP) is 4.11. The van der Waals surface area contributed by atoms with Crippen LogP contribution in [0.15, 0.2) is 60.8 Å². The van der Waals surface area contributed by atoms with Gasteiger partial charge in [0, 0.05) is 53.4 Å². The van der Waals surface area contributed by atoms with Crippen molar-refractivity contribution >= 4 is 46.3 Å². The number of benzene rings is 2. The number of amides is 2. The Kier molecular flexibility index (Phi) is 6.98. The van der Waals surface area contributed by atoms with Gasteiger partial charge in [-0.25, -0.2) is 9.78 Å². The third kappa shape index (κ3) is 5.46. The van der Waals surface area contributed by atoms with Gasteiger partial charge in [-0.3, -0.25) is 4.79 Å². The Morgan fingerprint density at radius 2 is 1.92 bits per heavy atom. The molecule has 0 radical (unpaired) electrons. The second kappa shape index (κ2) is 10.7. The summed E-state index contributed by atoms with van der Waals surface area (Å²) in [6.45, 7) is 3.37. The average molecular weight is 515 g/mol. The molecule has 2 aromatic heterocycles. The van der Waals surface area contributed by atoms with Gasteiger partial charge in [-0.1, -0.05) is 13.0 Å². The molecule has 3 heterocycles. The SMILES string of the molecule is CCc1cnn2c(Nc3cccc(NC(=O)c4ccc(N)cc4)c3)cc(N3CCCC(NC(=O)O)C3)nc12. The molecule has 11 nitrogen and oxygen atoms in total. The van der Waals surface area contributed by atoms with Crippen LogP contribution < -0.4 is 26.6 Å². The van der Waals surface area contributed by atoms with Crippen LogP contribution in [0.25, 0.3) is 5.65 Å². The monoisotopic (exact) mass is 514 g/mol. The highest BCUT2D eigenvalue weighted by atomic mass is 16.4. The Bertz CT molecular complexity index is 1470. The minimum Gasteiger partial charge on any atom is -0.465 e. The number of anilines is 5. The van der Waals surface area contributed by atoms with Gasteiger partial charge in [0.05, 0.1) is 6.20 Å². The number of fused-ring (bicyclic) bond motifs is 1. The number of carbonyl (C=O) groups excluding carboxylic acids is 1. The van der Waals surface area contributed by atoms with E-state index in [2.05, 4.69) is 32.9 Å². The Morgan fingerprint density at radius 3 is 2.68 bits per heavy atom. The van der Waals surface area contributed by atoms with E-state index < -0.39 is 6.09 Å². The number of nitrogens with two attached hydrogens (primary N) is 1. The van der Waals surface area contributed by atoms with Crippen molar-refractivity contribution in [2.75, 3.05) is 34.4 Å².